The minimum absolute atomic E-state index is 0.0220. The van der Waals surface area contributed by atoms with Crippen molar-refractivity contribution in [3.63, 3.8) is 0 Å². The Balaban J connectivity index is 1.66. The number of benzene rings is 1. The van der Waals surface area contributed by atoms with Crippen molar-refractivity contribution in [1.29, 1.82) is 0 Å². The molecule has 0 aliphatic carbocycles. The first-order chi connectivity index (χ1) is 14.8. The maximum Gasteiger partial charge on any atom is 0.433 e. The van der Waals surface area contributed by atoms with Crippen LogP contribution in [0.4, 0.5) is 10.6 Å². The molecule has 0 aliphatic rings. The van der Waals surface area contributed by atoms with E-state index in [9.17, 15) is 19.5 Å². The van der Waals surface area contributed by atoms with Crippen molar-refractivity contribution in [2.24, 2.45) is 0 Å². The molecule has 0 unspecified atom stereocenters. The van der Waals surface area contributed by atoms with Gasteiger partial charge in [0.05, 0.1) is 11.1 Å². The zero-order valence-electron chi connectivity index (χ0n) is 16.4. The molecule has 0 fully saturated rings. The van der Waals surface area contributed by atoms with Crippen molar-refractivity contribution in [1.82, 2.24) is 20.1 Å². The number of carboxylic acid groups (broad SMARTS) is 1. The number of fused-ring (bicyclic) bond motifs is 1. The van der Waals surface area contributed by atoms with Crippen LogP contribution in [0, 0.1) is 0 Å². The number of nitrogens with zero attached hydrogens (tertiary/aromatic N) is 3. The normalized spacial score (nSPS) is 11.4. The number of hydrogen-bond donors (Lipinski definition) is 3. The Labute approximate surface area is 184 Å². The van der Waals surface area contributed by atoms with Crippen LogP contribution in [0.15, 0.2) is 47.2 Å². The number of anilines is 1. The van der Waals surface area contributed by atoms with Gasteiger partial charge >= 0.3 is 6.09 Å². The molecular weight excluding hydrogens is 438 g/mol. The first-order valence-electron chi connectivity index (χ1n) is 9.11. The van der Waals surface area contributed by atoms with Crippen molar-refractivity contribution < 1.29 is 19.5 Å². The summed E-state index contributed by atoms with van der Waals surface area (Å²) in [6, 6.07) is 11.1. The minimum Gasteiger partial charge on any atom is -0.463 e. The van der Waals surface area contributed by atoms with E-state index in [2.05, 4.69) is 20.7 Å². The molecule has 1 aromatic carbocycles. The van der Waals surface area contributed by atoms with E-state index in [0.29, 0.717) is 10.2 Å². The summed E-state index contributed by atoms with van der Waals surface area (Å²) in [6.07, 6.45) is -1.35. The van der Waals surface area contributed by atoms with Crippen LogP contribution >= 0.6 is 22.7 Å². The maximum absolute atomic E-state index is 12.9. The fourth-order valence-corrected chi connectivity index (χ4v) is 4.50. The van der Waals surface area contributed by atoms with Gasteiger partial charge in [-0.05, 0) is 30.9 Å². The zero-order valence-corrected chi connectivity index (χ0v) is 18.1. The summed E-state index contributed by atoms with van der Waals surface area (Å²) in [4.78, 5) is 41.3. The molecule has 0 radical (unpaired) electrons. The molecule has 3 aromatic heterocycles. The monoisotopic (exact) mass is 455 g/mol. The van der Waals surface area contributed by atoms with Crippen molar-refractivity contribution in [2.75, 3.05) is 5.32 Å². The van der Waals surface area contributed by atoms with Crippen LogP contribution < -0.4 is 10.6 Å². The van der Waals surface area contributed by atoms with Crippen molar-refractivity contribution >= 4 is 56.7 Å². The fraction of sp³-hybridized carbons (Fsp3) is 0.150. The van der Waals surface area contributed by atoms with Gasteiger partial charge in [-0.15, -0.1) is 5.10 Å². The standard InChI is InChI=1S/C20H17N5O4S2/c1-20(2,12-6-4-3-5-7-12)23-16(27)17-21-13-14(22-15(26)11-8-9-30-10-11)24-25(19(28)29)18(13)31-17/h3-10H,1-2H3,(H,23,27)(H,28,29)(H,22,24,26). The van der Waals surface area contributed by atoms with Crippen molar-refractivity contribution in [3.8, 4) is 0 Å². The highest BCUT2D eigenvalue weighted by Gasteiger charge is 2.28. The third-order valence-electron chi connectivity index (χ3n) is 4.54. The third kappa shape index (κ3) is 4.05. The molecule has 3 heterocycles. The van der Waals surface area contributed by atoms with Gasteiger partial charge in [-0.1, -0.05) is 41.7 Å². The minimum atomic E-state index is -1.35. The lowest BCUT2D eigenvalue weighted by atomic mass is 9.94. The summed E-state index contributed by atoms with van der Waals surface area (Å²) in [7, 11) is 0. The number of amides is 2. The smallest absolute Gasteiger partial charge is 0.433 e. The summed E-state index contributed by atoms with van der Waals surface area (Å²) in [5.74, 6) is -0.921. The van der Waals surface area contributed by atoms with Crippen LogP contribution in [0.5, 0.6) is 0 Å². The van der Waals surface area contributed by atoms with E-state index < -0.39 is 23.4 Å². The summed E-state index contributed by atoms with van der Waals surface area (Å²) in [5.41, 5.74) is 0.787. The predicted molar refractivity (Wildman–Crippen MR) is 118 cm³/mol. The Hall–Kier alpha value is -3.57. The molecule has 0 saturated carbocycles. The van der Waals surface area contributed by atoms with Crippen LogP contribution in [-0.2, 0) is 5.54 Å². The van der Waals surface area contributed by atoms with Gasteiger partial charge in [0.15, 0.2) is 15.7 Å². The van der Waals surface area contributed by atoms with Gasteiger partial charge in [0.2, 0.25) is 0 Å². The Morgan fingerprint density at radius 1 is 1.10 bits per heavy atom. The number of nitrogens with one attached hydrogen (secondary N) is 2. The second-order valence-corrected chi connectivity index (χ2v) is 8.88. The highest BCUT2D eigenvalue weighted by atomic mass is 32.1. The first kappa shape index (κ1) is 20.7. The van der Waals surface area contributed by atoms with Crippen LogP contribution in [0.2, 0.25) is 0 Å². The van der Waals surface area contributed by atoms with E-state index >= 15 is 0 Å². The Morgan fingerprint density at radius 2 is 1.84 bits per heavy atom. The number of thiazole rings is 1. The summed E-state index contributed by atoms with van der Waals surface area (Å²) in [5, 5.41) is 22.4. The van der Waals surface area contributed by atoms with Crippen molar-refractivity contribution in [2.45, 2.75) is 19.4 Å². The summed E-state index contributed by atoms with van der Waals surface area (Å²) >= 11 is 2.25. The molecule has 0 bridgehead atoms. The zero-order chi connectivity index (χ0) is 22.2. The molecule has 0 spiro atoms. The second kappa shape index (κ2) is 7.93. The number of carbonyl (C=O) groups excluding carboxylic acids is 2. The van der Waals surface area contributed by atoms with E-state index in [4.69, 9.17) is 0 Å². The number of hydrogen-bond acceptors (Lipinski definition) is 7. The quantitative estimate of drug-likeness (QED) is 0.418. The molecular formula is C20H17N5O4S2. The topological polar surface area (TPSA) is 126 Å². The van der Waals surface area contributed by atoms with E-state index in [1.54, 1.807) is 16.8 Å². The highest BCUT2D eigenvalue weighted by molar-refractivity contribution is 7.20. The summed E-state index contributed by atoms with van der Waals surface area (Å²) < 4.78 is 0.704. The number of aromatic nitrogens is 3. The van der Waals surface area contributed by atoms with Gasteiger partial charge in [-0.25, -0.2) is 9.78 Å². The molecule has 4 aromatic rings. The molecule has 31 heavy (non-hydrogen) atoms. The van der Waals surface area contributed by atoms with Gasteiger partial charge < -0.3 is 15.7 Å². The molecule has 158 valence electrons. The number of carbonyl (C=O) groups is 3. The Morgan fingerprint density at radius 3 is 2.48 bits per heavy atom. The van der Waals surface area contributed by atoms with Gasteiger partial charge in [-0.2, -0.15) is 16.0 Å². The second-order valence-electron chi connectivity index (χ2n) is 7.13. The summed E-state index contributed by atoms with van der Waals surface area (Å²) in [6.45, 7) is 3.72. The lowest BCUT2D eigenvalue weighted by Crippen LogP contribution is -2.40. The van der Waals surface area contributed by atoms with Crippen LogP contribution in [-0.4, -0.2) is 37.8 Å². The van der Waals surface area contributed by atoms with Gasteiger partial charge in [0.1, 0.15) is 5.52 Å². The SMILES string of the molecule is CC(C)(NC(=O)c1nc2c(NC(=O)c3ccsc3)nn(C(=O)O)c2s1)c1ccccc1. The first-order valence-corrected chi connectivity index (χ1v) is 10.9. The largest absolute Gasteiger partial charge is 0.463 e. The van der Waals surface area contributed by atoms with Crippen molar-refractivity contribution in [3.05, 3.63) is 63.3 Å². The predicted octanol–water partition coefficient (Wildman–Crippen LogP) is 4.00. The maximum atomic E-state index is 12.9. The average molecular weight is 456 g/mol. The van der Waals surface area contributed by atoms with E-state index in [1.807, 2.05) is 44.2 Å². The van der Waals surface area contributed by atoms with Crippen LogP contribution in [0.25, 0.3) is 10.3 Å². The molecule has 3 N–H and O–H groups in total. The number of rotatable bonds is 5. The van der Waals surface area contributed by atoms with E-state index in [-0.39, 0.29) is 21.2 Å². The molecule has 11 heteroatoms. The lowest BCUT2D eigenvalue weighted by Gasteiger charge is -2.26. The number of thiophene rings is 1. The van der Waals surface area contributed by atoms with E-state index in [1.165, 1.54) is 11.3 Å². The van der Waals surface area contributed by atoms with E-state index in [0.717, 1.165) is 16.9 Å². The fourth-order valence-electron chi connectivity index (χ4n) is 2.95. The van der Waals surface area contributed by atoms with Gasteiger partial charge in [0.25, 0.3) is 11.8 Å². The van der Waals surface area contributed by atoms with Crippen LogP contribution in [0.3, 0.4) is 0 Å². The average Bonchev–Trinajstić information content (AvgIpc) is 3.46. The lowest BCUT2D eigenvalue weighted by molar-refractivity contribution is 0.0911. The molecule has 0 atom stereocenters. The van der Waals surface area contributed by atoms with Gasteiger partial charge in [0, 0.05) is 5.38 Å². The highest BCUT2D eigenvalue weighted by Crippen LogP contribution is 2.29. The Kier molecular flexibility index (Phi) is 5.29. The molecule has 4 rings (SSSR count). The molecule has 0 saturated heterocycles. The Bertz CT molecular complexity index is 1280. The van der Waals surface area contributed by atoms with Crippen LogP contribution in [0.1, 0.15) is 39.6 Å². The molecule has 0 aliphatic heterocycles. The van der Waals surface area contributed by atoms with Gasteiger partial charge in [-0.3, -0.25) is 9.59 Å². The molecule has 2 amide bonds. The molecule has 9 nitrogen and oxygen atoms in total. The third-order valence-corrected chi connectivity index (χ3v) is 6.25.